The molecule has 2 aromatic heterocycles. The Hall–Kier alpha value is -3.53. The summed E-state index contributed by atoms with van der Waals surface area (Å²) in [6.07, 6.45) is -0.790. The van der Waals surface area contributed by atoms with Gasteiger partial charge in [-0.3, -0.25) is 0 Å². The summed E-state index contributed by atoms with van der Waals surface area (Å²) in [7, 11) is 0. The highest BCUT2D eigenvalue weighted by atomic mass is 32.2. The van der Waals surface area contributed by atoms with Gasteiger partial charge in [0.05, 0.1) is 22.7 Å². The van der Waals surface area contributed by atoms with Crippen molar-refractivity contribution in [3.63, 3.8) is 0 Å². The highest BCUT2D eigenvalue weighted by Crippen LogP contribution is 2.44. The lowest BCUT2D eigenvalue weighted by atomic mass is 10.0. The molecule has 10 heteroatoms. The summed E-state index contributed by atoms with van der Waals surface area (Å²) in [4.78, 5) is 23.1. The van der Waals surface area contributed by atoms with Gasteiger partial charge < -0.3 is 14.8 Å². The van der Waals surface area contributed by atoms with Crippen molar-refractivity contribution in [2.75, 3.05) is 6.61 Å². The number of hydrogen-bond acceptors (Lipinski definition) is 5. The molecule has 0 spiro atoms. The molecule has 34 heavy (non-hydrogen) atoms. The second-order valence-electron chi connectivity index (χ2n) is 7.43. The number of imidazole rings is 1. The lowest BCUT2D eigenvalue weighted by molar-refractivity contribution is -0.139. The minimum Gasteiger partial charge on any atom is -0.482 e. The summed E-state index contributed by atoms with van der Waals surface area (Å²) in [6, 6.07) is 12.4. The van der Waals surface area contributed by atoms with Crippen LogP contribution in [0.25, 0.3) is 11.2 Å². The van der Waals surface area contributed by atoms with E-state index in [0.29, 0.717) is 28.9 Å². The number of carboxylic acid groups (broad SMARTS) is 1. The number of aliphatic carboxylic acids is 1. The van der Waals surface area contributed by atoms with Crippen LogP contribution in [0.3, 0.4) is 0 Å². The number of alkyl halides is 3. The average Bonchev–Trinajstić information content (AvgIpc) is 3.30. The number of hydrogen-bond donors (Lipinski definition) is 2. The highest BCUT2D eigenvalue weighted by Gasteiger charge is 2.31. The van der Waals surface area contributed by atoms with Crippen molar-refractivity contribution in [3.8, 4) is 5.75 Å². The van der Waals surface area contributed by atoms with E-state index in [1.54, 1.807) is 30.5 Å². The number of aromatic nitrogens is 3. The molecule has 0 aliphatic heterocycles. The van der Waals surface area contributed by atoms with E-state index >= 15 is 0 Å². The molecule has 0 radical (unpaired) electrons. The van der Waals surface area contributed by atoms with Gasteiger partial charge in [0, 0.05) is 11.1 Å². The van der Waals surface area contributed by atoms with Gasteiger partial charge in [-0.25, -0.2) is 14.8 Å². The number of aromatic amines is 1. The second-order valence-corrected chi connectivity index (χ2v) is 8.61. The number of carboxylic acids is 1. The first-order valence-electron chi connectivity index (χ1n) is 10.4. The molecule has 4 rings (SSSR count). The van der Waals surface area contributed by atoms with Gasteiger partial charge in [0.1, 0.15) is 5.75 Å². The predicted octanol–water partition coefficient (Wildman–Crippen LogP) is 5.88. The van der Waals surface area contributed by atoms with Crippen molar-refractivity contribution >= 4 is 28.9 Å². The minimum absolute atomic E-state index is 0.457. The lowest BCUT2D eigenvalue weighted by Crippen LogP contribution is -2.10. The molecule has 0 bridgehead atoms. The van der Waals surface area contributed by atoms with E-state index in [1.165, 1.54) is 24.2 Å². The maximum atomic E-state index is 13.4. The molecule has 176 valence electrons. The van der Waals surface area contributed by atoms with Gasteiger partial charge in [0.15, 0.2) is 12.3 Å². The predicted molar refractivity (Wildman–Crippen MR) is 122 cm³/mol. The molecule has 0 aliphatic carbocycles. The van der Waals surface area contributed by atoms with Crippen LogP contribution in [0.15, 0.2) is 66.0 Å². The first-order chi connectivity index (χ1) is 16.3. The normalized spacial score (nSPS) is 12.6. The summed E-state index contributed by atoms with van der Waals surface area (Å²) >= 11 is 1.38. The number of rotatable bonds is 8. The Bertz CT molecular complexity index is 1320. The van der Waals surface area contributed by atoms with Crippen molar-refractivity contribution in [1.82, 2.24) is 15.0 Å². The Balaban J connectivity index is 1.77. The van der Waals surface area contributed by atoms with Gasteiger partial charge in [-0.2, -0.15) is 13.2 Å². The second kappa shape index (κ2) is 9.76. The van der Waals surface area contributed by atoms with Gasteiger partial charge in [-0.05, 0) is 53.4 Å². The van der Waals surface area contributed by atoms with Gasteiger partial charge in [-0.15, -0.1) is 11.8 Å². The van der Waals surface area contributed by atoms with Crippen molar-refractivity contribution in [1.29, 1.82) is 0 Å². The van der Waals surface area contributed by atoms with Crippen LogP contribution >= 0.6 is 11.8 Å². The first kappa shape index (κ1) is 23.6. The van der Waals surface area contributed by atoms with E-state index in [2.05, 4.69) is 15.0 Å². The number of thioether (sulfide) groups is 1. The summed E-state index contributed by atoms with van der Waals surface area (Å²) < 4.78 is 45.7. The van der Waals surface area contributed by atoms with Crippen molar-refractivity contribution < 1.29 is 27.8 Å². The number of pyridine rings is 1. The number of halogens is 3. The van der Waals surface area contributed by atoms with Gasteiger partial charge in [0.25, 0.3) is 0 Å². The van der Waals surface area contributed by atoms with Crippen molar-refractivity contribution in [3.05, 3.63) is 83.3 Å². The third-order valence-corrected chi connectivity index (χ3v) is 6.46. The van der Waals surface area contributed by atoms with E-state index in [-0.39, 0.29) is 0 Å². The number of fused-ring (bicyclic) bond motifs is 1. The molecule has 1 atom stereocenters. The Morgan fingerprint density at radius 2 is 2.00 bits per heavy atom. The topological polar surface area (TPSA) is 88.1 Å². The molecule has 4 aromatic rings. The SMILES string of the molecule is CCc1cc(SC(c2cccc(C(F)(F)F)c2)c2ccnc3nc[nH]c23)ccc1OCC(=O)O. The van der Waals surface area contributed by atoms with Crippen LogP contribution < -0.4 is 4.74 Å². The number of nitrogens with zero attached hydrogens (tertiary/aromatic N) is 2. The smallest absolute Gasteiger partial charge is 0.416 e. The van der Waals surface area contributed by atoms with Crippen LogP contribution in [0.1, 0.15) is 34.4 Å². The zero-order valence-corrected chi connectivity index (χ0v) is 18.8. The third-order valence-electron chi connectivity index (χ3n) is 5.18. The van der Waals surface area contributed by atoms with Crippen LogP contribution in [0.4, 0.5) is 13.2 Å². The molecule has 6 nitrogen and oxygen atoms in total. The van der Waals surface area contributed by atoms with E-state index in [4.69, 9.17) is 9.84 Å². The molecule has 0 fully saturated rings. The number of H-pyrrole nitrogens is 1. The monoisotopic (exact) mass is 487 g/mol. The number of benzene rings is 2. The number of ether oxygens (including phenoxy) is 1. The van der Waals surface area contributed by atoms with Gasteiger partial charge in [-0.1, -0.05) is 25.1 Å². The minimum atomic E-state index is -4.47. The van der Waals surface area contributed by atoms with Crippen LogP contribution in [0, 0.1) is 0 Å². The fraction of sp³-hybridized carbons (Fsp3) is 0.208. The molecule has 0 aliphatic rings. The van der Waals surface area contributed by atoms with E-state index in [9.17, 15) is 18.0 Å². The molecule has 0 saturated carbocycles. The molecule has 1 unspecified atom stereocenters. The summed E-state index contributed by atoms with van der Waals surface area (Å²) in [5.74, 6) is -0.615. The Kier molecular flexibility index (Phi) is 6.78. The van der Waals surface area contributed by atoms with Crippen LogP contribution in [-0.2, 0) is 17.4 Å². The highest BCUT2D eigenvalue weighted by molar-refractivity contribution is 7.99. The Morgan fingerprint density at radius 3 is 2.74 bits per heavy atom. The van der Waals surface area contributed by atoms with Crippen LogP contribution in [0.5, 0.6) is 5.75 Å². The Labute approximate surface area is 197 Å². The third kappa shape index (κ3) is 5.17. The first-order valence-corrected chi connectivity index (χ1v) is 11.2. The molecular formula is C24H20F3N3O3S. The fourth-order valence-electron chi connectivity index (χ4n) is 3.60. The molecule has 2 aromatic carbocycles. The van der Waals surface area contributed by atoms with Crippen molar-refractivity contribution in [2.24, 2.45) is 0 Å². The quantitative estimate of drug-likeness (QED) is 0.302. The molecule has 2 N–H and O–H groups in total. The lowest BCUT2D eigenvalue weighted by Gasteiger charge is -2.20. The zero-order chi connectivity index (χ0) is 24.3. The molecule has 0 amide bonds. The number of carbonyl (C=O) groups is 1. The summed E-state index contributed by atoms with van der Waals surface area (Å²) in [5, 5.41) is 8.39. The number of aryl methyl sites for hydroxylation is 1. The van der Waals surface area contributed by atoms with Crippen molar-refractivity contribution in [2.45, 2.75) is 29.7 Å². The van der Waals surface area contributed by atoms with E-state index in [1.807, 2.05) is 13.0 Å². The maximum absolute atomic E-state index is 13.4. The fourth-order valence-corrected chi connectivity index (χ4v) is 4.83. The van der Waals surface area contributed by atoms with Crippen LogP contribution in [-0.4, -0.2) is 32.6 Å². The molecular weight excluding hydrogens is 467 g/mol. The largest absolute Gasteiger partial charge is 0.482 e. The molecule has 2 heterocycles. The van der Waals surface area contributed by atoms with Gasteiger partial charge in [0.2, 0.25) is 0 Å². The van der Waals surface area contributed by atoms with E-state index < -0.39 is 29.6 Å². The average molecular weight is 488 g/mol. The van der Waals surface area contributed by atoms with Gasteiger partial charge >= 0.3 is 12.1 Å². The van der Waals surface area contributed by atoms with E-state index in [0.717, 1.165) is 28.2 Å². The summed E-state index contributed by atoms with van der Waals surface area (Å²) in [5.41, 5.74) is 2.42. The number of nitrogens with one attached hydrogen (secondary N) is 1. The summed E-state index contributed by atoms with van der Waals surface area (Å²) in [6.45, 7) is 1.46. The van der Waals surface area contributed by atoms with Crippen LogP contribution in [0.2, 0.25) is 0 Å². The zero-order valence-electron chi connectivity index (χ0n) is 18.0. The Morgan fingerprint density at radius 1 is 1.18 bits per heavy atom. The molecule has 0 saturated heterocycles. The standard InChI is InChI=1S/C24H20F3N3O3S/c1-2-14-11-17(6-7-19(14)33-12-20(31)32)34-22(15-4-3-5-16(10-15)24(25,26)27)18-8-9-28-23-21(18)29-13-30-23/h3-11,13,22H,2,12H2,1H3,(H,31,32)(H,28,29,30). The maximum Gasteiger partial charge on any atom is 0.416 e.